The Morgan fingerprint density at radius 2 is 1.03 bits per heavy atom. The Kier molecular flexibility index (Phi) is 11.8. The van der Waals surface area contributed by atoms with Gasteiger partial charge in [0.05, 0.1) is 67.5 Å². The zero-order valence-corrected chi connectivity index (χ0v) is 37.7. The van der Waals surface area contributed by atoms with Gasteiger partial charge in [-0.2, -0.15) is 0 Å². The molecular formula is C48H52F6N8O5. The quantitative estimate of drug-likeness (QED) is 0.109. The highest BCUT2D eigenvalue weighted by Gasteiger charge is 2.73. The van der Waals surface area contributed by atoms with E-state index in [2.05, 4.69) is 19.9 Å². The lowest BCUT2D eigenvalue weighted by Crippen LogP contribution is -2.28. The highest BCUT2D eigenvalue weighted by atomic mass is 19.3. The summed E-state index contributed by atoms with van der Waals surface area (Å²) < 4.78 is 90.7. The summed E-state index contributed by atoms with van der Waals surface area (Å²) in [4.78, 5) is 45.4. The number of methoxy groups -OCH3 is 2. The number of nitrogens with zero attached hydrogens (tertiary/aromatic N) is 7. The van der Waals surface area contributed by atoms with E-state index >= 15 is 0 Å². The second-order valence-electron chi connectivity index (χ2n) is 18.4. The molecule has 11 rings (SSSR count). The van der Waals surface area contributed by atoms with Crippen LogP contribution < -0.4 is 14.7 Å². The van der Waals surface area contributed by atoms with E-state index in [0.717, 1.165) is 56.9 Å². The normalized spacial score (nSPS) is 24.9. The molecule has 356 valence electrons. The van der Waals surface area contributed by atoms with Crippen LogP contribution in [0.4, 0.5) is 43.8 Å². The van der Waals surface area contributed by atoms with Crippen LogP contribution in [0.3, 0.4) is 0 Å². The highest BCUT2D eigenvalue weighted by Crippen LogP contribution is 2.61. The number of hydrogen-bond donors (Lipinski definition) is 2. The van der Waals surface area contributed by atoms with Gasteiger partial charge in [0, 0.05) is 93.6 Å². The molecular weight excluding hydrogens is 883 g/mol. The number of rotatable bonds is 10. The molecule has 3 saturated heterocycles. The molecule has 5 aromatic rings. The standard InChI is InChI=1S/2C18H19F2N3O2.C12H14F2N2O/c1-10-11(5-13-6-12(7-21-13)17(24)25-2)3-4-16(22-10)23-8-14-15(9-23)18(14,19)20;1-11-12(7-22-6-5-13(8-22)17(24)25-2)3-4-16(21-11)23-9-14-15(10-23)18(14,19)20;1-7-8(6-17)2-3-11(15-7)16-4-9-10(5-16)12(9,13)14/h3-4,6-7,14-15,21H,5,8-9H2,1-2H3;3-6,8,14-15H,7,9-10H2,1-2H3;2-3,9-10,17H,4-6H2,1H3. The van der Waals surface area contributed by atoms with Crippen molar-refractivity contribution in [3.63, 3.8) is 0 Å². The number of aromatic amines is 1. The molecule has 0 radical (unpaired) electrons. The van der Waals surface area contributed by atoms with Gasteiger partial charge in [0.1, 0.15) is 17.5 Å². The molecule has 6 unspecified atom stereocenters. The summed E-state index contributed by atoms with van der Waals surface area (Å²) in [6.45, 7) is 8.48. The summed E-state index contributed by atoms with van der Waals surface area (Å²) in [5.41, 5.74) is 7.18. The van der Waals surface area contributed by atoms with Crippen LogP contribution in [0.5, 0.6) is 0 Å². The molecule has 0 amide bonds. The molecule has 13 nitrogen and oxygen atoms in total. The number of anilines is 3. The third kappa shape index (κ3) is 8.82. The Labute approximate surface area is 383 Å². The fourth-order valence-electron chi connectivity index (χ4n) is 9.82. The molecule has 3 saturated carbocycles. The third-order valence-corrected chi connectivity index (χ3v) is 14.4. The minimum Gasteiger partial charge on any atom is -0.465 e. The van der Waals surface area contributed by atoms with Crippen molar-refractivity contribution in [2.75, 3.05) is 68.2 Å². The second-order valence-corrected chi connectivity index (χ2v) is 18.4. The number of aromatic nitrogens is 5. The maximum absolute atomic E-state index is 13.3. The number of esters is 2. The fourth-order valence-corrected chi connectivity index (χ4v) is 9.82. The van der Waals surface area contributed by atoms with E-state index in [1.54, 1.807) is 36.7 Å². The Morgan fingerprint density at radius 3 is 1.43 bits per heavy atom. The molecule has 0 bridgehead atoms. The number of piperidine rings is 3. The lowest BCUT2D eigenvalue weighted by atomic mass is 10.1. The van der Waals surface area contributed by atoms with Crippen LogP contribution in [0.1, 0.15) is 60.2 Å². The summed E-state index contributed by atoms with van der Waals surface area (Å²) in [7, 11) is 2.70. The maximum atomic E-state index is 13.3. The molecule has 2 N–H and O–H groups in total. The van der Waals surface area contributed by atoms with Gasteiger partial charge < -0.3 is 38.8 Å². The lowest BCUT2D eigenvalue weighted by Gasteiger charge is -2.21. The van der Waals surface area contributed by atoms with Crippen LogP contribution in [0.15, 0.2) is 67.1 Å². The zero-order chi connectivity index (χ0) is 47.7. The topological polar surface area (TPSA) is 142 Å². The van der Waals surface area contributed by atoms with Crippen LogP contribution in [0.2, 0.25) is 0 Å². The molecule has 8 heterocycles. The van der Waals surface area contributed by atoms with Gasteiger partial charge in [-0.3, -0.25) is 0 Å². The van der Waals surface area contributed by atoms with Crippen molar-refractivity contribution in [1.29, 1.82) is 0 Å². The molecule has 6 atom stereocenters. The molecule has 6 fully saturated rings. The van der Waals surface area contributed by atoms with Gasteiger partial charge in [-0.1, -0.05) is 18.2 Å². The van der Waals surface area contributed by atoms with Crippen molar-refractivity contribution < 1.29 is 50.5 Å². The minimum atomic E-state index is -2.48. The molecule has 6 aliphatic rings. The van der Waals surface area contributed by atoms with Crippen LogP contribution in [0, 0.1) is 56.3 Å². The molecule has 5 aromatic heterocycles. The smallest absolute Gasteiger partial charge is 0.339 e. The van der Waals surface area contributed by atoms with Crippen molar-refractivity contribution in [3.8, 4) is 0 Å². The van der Waals surface area contributed by atoms with E-state index in [9.17, 15) is 35.9 Å². The van der Waals surface area contributed by atoms with Gasteiger partial charge in [0.2, 0.25) is 0 Å². The predicted octanol–water partition coefficient (Wildman–Crippen LogP) is 7.11. The van der Waals surface area contributed by atoms with Gasteiger partial charge in [0.15, 0.2) is 0 Å². The van der Waals surface area contributed by atoms with Gasteiger partial charge in [-0.05, 0) is 67.8 Å². The first-order valence-electron chi connectivity index (χ1n) is 22.2. The molecule has 19 heteroatoms. The van der Waals surface area contributed by atoms with E-state index in [0.29, 0.717) is 63.4 Å². The van der Waals surface area contributed by atoms with Crippen LogP contribution in [0.25, 0.3) is 0 Å². The van der Waals surface area contributed by atoms with E-state index in [1.165, 1.54) is 14.2 Å². The SMILES string of the molecule is COC(=O)c1c[nH]c(Cc2ccc(N3CC4C(C3)C4(F)F)nc2C)c1.COC(=O)c1ccn(Cc2ccc(N3CC4C(C3)C4(F)F)nc2C)c1.Cc1nc(N2CC3C(C2)C3(F)F)ccc1CO. The Bertz CT molecular complexity index is 2510. The number of hydrogen-bond acceptors (Lipinski definition) is 11. The number of carbonyl (C=O) groups is 2. The number of fused-ring (bicyclic) bond motifs is 3. The Hall–Kier alpha value is -6.11. The first kappa shape index (κ1) is 46.0. The van der Waals surface area contributed by atoms with Gasteiger partial charge in [0.25, 0.3) is 17.8 Å². The summed E-state index contributed by atoms with van der Waals surface area (Å²) in [6, 6.07) is 14.8. The maximum Gasteiger partial charge on any atom is 0.339 e. The van der Waals surface area contributed by atoms with Gasteiger partial charge >= 0.3 is 11.9 Å². The average Bonchev–Trinajstić information content (AvgIpc) is 3.90. The number of alkyl halides is 6. The molecule has 3 aliphatic carbocycles. The van der Waals surface area contributed by atoms with Gasteiger partial charge in [-0.15, -0.1) is 0 Å². The zero-order valence-electron chi connectivity index (χ0n) is 37.7. The van der Waals surface area contributed by atoms with Crippen molar-refractivity contribution in [3.05, 3.63) is 118 Å². The number of halogens is 6. The van der Waals surface area contributed by atoms with Crippen molar-refractivity contribution in [2.24, 2.45) is 35.5 Å². The number of carbonyl (C=O) groups excluding carboxylic acids is 2. The number of aliphatic hydroxyl groups excluding tert-OH is 1. The van der Waals surface area contributed by atoms with E-state index in [4.69, 9.17) is 14.6 Å². The second kappa shape index (κ2) is 17.2. The molecule has 67 heavy (non-hydrogen) atoms. The third-order valence-electron chi connectivity index (χ3n) is 14.4. The first-order chi connectivity index (χ1) is 31.8. The van der Waals surface area contributed by atoms with Crippen LogP contribution >= 0.6 is 0 Å². The number of H-pyrrole nitrogens is 1. The van der Waals surface area contributed by atoms with Crippen LogP contribution in [-0.4, -0.2) is 113 Å². The summed E-state index contributed by atoms with van der Waals surface area (Å²) >= 11 is 0. The molecule has 0 spiro atoms. The number of ether oxygens (including phenoxy) is 2. The Balaban J connectivity index is 0.000000128. The highest BCUT2D eigenvalue weighted by molar-refractivity contribution is 5.89. The van der Waals surface area contributed by atoms with Crippen molar-refractivity contribution >= 4 is 29.4 Å². The number of nitrogens with one attached hydrogen (secondary N) is 1. The van der Waals surface area contributed by atoms with E-state index < -0.39 is 53.3 Å². The van der Waals surface area contributed by atoms with Crippen molar-refractivity contribution in [1.82, 2.24) is 24.5 Å². The van der Waals surface area contributed by atoms with E-state index in [-0.39, 0.29) is 18.5 Å². The van der Waals surface area contributed by atoms with Crippen LogP contribution in [-0.2, 0) is 29.0 Å². The molecule has 3 aliphatic heterocycles. The lowest BCUT2D eigenvalue weighted by molar-refractivity contribution is 0.0592. The van der Waals surface area contributed by atoms with Gasteiger partial charge in [-0.25, -0.2) is 50.9 Å². The van der Waals surface area contributed by atoms with Crippen molar-refractivity contribution in [2.45, 2.75) is 58.1 Å². The Morgan fingerprint density at radius 1 is 0.627 bits per heavy atom. The fraction of sp³-hybridized carbons (Fsp3) is 0.479. The monoisotopic (exact) mass is 934 g/mol. The summed E-state index contributed by atoms with van der Waals surface area (Å²) in [5, 5.41) is 9.04. The minimum absolute atomic E-state index is 0.0393. The summed E-state index contributed by atoms with van der Waals surface area (Å²) in [5.74, 6) is -8.90. The first-order valence-corrected chi connectivity index (χ1v) is 22.2. The van der Waals surface area contributed by atoms with E-state index in [1.807, 2.05) is 70.5 Å². The average molecular weight is 935 g/mol. The largest absolute Gasteiger partial charge is 0.465 e. The number of pyridine rings is 3. The number of aliphatic hydroxyl groups is 1. The molecule has 0 aromatic carbocycles. The predicted molar refractivity (Wildman–Crippen MR) is 235 cm³/mol. The number of aryl methyl sites for hydroxylation is 3. The summed E-state index contributed by atoms with van der Waals surface area (Å²) in [6.07, 6.45) is 5.78.